The first kappa shape index (κ1) is 15.4. The molecule has 0 unspecified atom stereocenters. The van der Waals surface area contributed by atoms with E-state index in [-0.39, 0.29) is 11.4 Å². The number of carbonyl (C=O) groups excluding carboxylic acids is 1. The topological polar surface area (TPSA) is 109 Å². The molecule has 1 aliphatic carbocycles. The molecule has 0 spiro atoms. The maximum Gasteiger partial charge on any atom is 0.273 e. The van der Waals surface area contributed by atoms with Gasteiger partial charge in [0, 0.05) is 18.3 Å². The zero-order valence-corrected chi connectivity index (χ0v) is 13.4. The van der Waals surface area contributed by atoms with Crippen LogP contribution in [0.4, 0.5) is 5.82 Å². The van der Waals surface area contributed by atoms with Crippen LogP contribution in [-0.4, -0.2) is 38.5 Å². The van der Waals surface area contributed by atoms with Crippen molar-refractivity contribution in [1.82, 2.24) is 14.8 Å². The van der Waals surface area contributed by atoms with Gasteiger partial charge in [-0.25, -0.2) is 4.98 Å². The molecule has 1 aromatic carbocycles. The zero-order chi connectivity index (χ0) is 17.6. The third kappa shape index (κ3) is 2.66. The molecule has 4 rings (SSSR count). The van der Waals surface area contributed by atoms with Gasteiger partial charge in [-0.15, -0.1) is 0 Å². The van der Waals surface area contributed by atoms with Gasteiger partial charge in [0.05, 0.1) is 23.7 Å². The number of H-pyrrole nitrogens is 1. The van der Waals surface area contributed by atoms with Crippen LogP contribution in [0.2, 0.25) is 0 Å². The number of hydrogen-bond donors (Lipinski definition) is 3. The second kappa shape index (κ2) is 5.45. The first-order chi connectivity index (χ1) is 12.0. The highest BCUT2D eigenvalue weighted by Crippen LogP contribution is 2.36. The van der Waals surface area contributed by atoms with Crippen LogP contribution in [-0.2, 0) is 4.79 Å². The molecule has 0 radical (unpaired) electrons. The number of aromatic nitrogens is 3. The van der Waals surface area contributed by atoms with E-state index in [0.29, 0.717) is 35.2 Å². The molecule has 0 atom stereocenters. The fourth-order valence-electron chi connectivity index (χ4n) is 2.63. The Labute approximate surface area is 142 Å². The molecule has 2 heterocycles. The number of rotatable bonds is 4. The van der Waals surface area contributed by atoms with Gasteiger partial charge in [-0.05, 0) is 25.0 Å². The number of amides is 1. The molecule has 0 aliphatic heterocycles. The van der Waals surface area contributed by atoms with Crippen molar-refractivity contribution in [3.05, 3.63) is 46.9 Å². The minimum atomic E-state index is -1.29. The van der Waals surface area contributed by atoms with Gasteiger partial charge < -0.3 is 15.2 Å². The SMILES string of the molecule is COc1cccc(-n2[nH]c(=O)c3cnc(NC(=O)C4(O)CC4)cc32)c1. The van der Waals surface area contributed by atoms with E-state index in [1.165, 1.54) is 6.20 Å². The van der Waals surface area contributed by atoms with E-state index in [1.54, 1.807) is 30.0 Å². The van der Waals surface area contributed by atoms with E-state index < -0.39 is 11.5 Å². The molecular formula is C17H16N4O4. The van der Waals surface area contributed by atoms with Crippen molar-refractivity contribution in [2.24, 2.45) is 0 Å². The summed E-state index contributed by atoms with van der Waals surface area (Å²) in [6.45, 7) is 0. The minimum Gasteiger partial charge on any atom is -0.497 e. The molecule has 3 N–H and O–H groups in total. The number of nitrogens with one attached hydrogen (secondary N) is 2. The maximum absolute atomic E-state index is 12.2. The second-order valence-electron chi connectivity index (χ2n) is 6.05. The summed E-state index contributed by atoms with van der Waals surface area (Å²) in [4.78, 5) is 28.2. The summed E-state index contributed by atoms with van der Waals surface area (Å²) in [5.41, 5.74) is -0.313. The van der Waals surface area contributed by atoms with E-state index in [1.807, 2.05) is 12.1 Å². The van der Waals surface area contributed by atoms with Crippen molar-refractivity contribution in [2.75, 3.05) is 12.4 Å². The summed E-state index contributed by atoms with van der Waals surface area (Å²) < 4.78 is 6.81. The summed E-state index contributed by atoms with van der Waals surface area (Å²) in [6.07, 6.45) is 2.29. The molecule has 3 aromatic rings. The zero-order valence-electron chi connectivity index (χ0n) is 13.4. The molecule has 1 aliphatic rings. The Morgan fingerprint density at radius 3 is 2.92 bits per heavy atom. The molecule has 1 amide bonds. The minimum absolute atomic E-state index is 0.272. The van der Waals surface area contributed by atoms with E-state index >= 15 is 0 Å². The average Bonchev–Trinajstić information content (AvgIpc) is 3.30. The Kier molecular flexibility index (Phi) is 3.36. The molecule has 2 aromatic heterocycles. The molecule has 25 heavy (non-hydrogen) atoms. The smallest absolute Gasteiger partial charge is 0.273 e. The number of fused-ring (bicyclic) bond motifs is 1. The van der Waals surface area contributed by atoms with Crippen molar-refractivity contribution in [2.45, 2.75) is 18.4 Å². The van der Waals surface area contributed by atoms with Gasteiger partial charge in [-0.1, -0.05) is 6.07 Å². The monoisotopic (exact) mass is 340 g/mol. The van der Waals surface area contributed by atoms with Gasteiger partial charge >= 0.3 is 0 Å². The van der Waals surface area contributed by atoms with E-state index in [0.717, 1.165) is 0 Å². The second-order valence-corrected chi connectivity index (χ2v) is 6.05. The molecule has 0 saturated heterocycles. The lowest BCUT2D eigenvalue weighted by atomic mass is 10.2. The van der Waals surface area contributed by atoms with E-state index in [2.05, 4.69) is 15.4 Å². The number of methoxy groups -OCH3 is 1. The lowest BCUT2D eigenvalue weighted by Crippen LogP contribution is -2.29. The predicted molar refractivity (Wildman–Crippen MR) is 91.1 cm³/mol. The van der Waals surface area contributed by atoms with Gasteiger partial charge in [-0.3, -0.25) is 19.4 Å². The highest BCUT2D eigenvalue weighted by molar-refractivity contribution is 5.99. The number of anilines is 1. The van der Waals surface area contributed by atoms with Crippen LogP contribution in [0.1, 0.15) is 12.8 Å². The fraction of sp³-hybridized carbons (Fsp3) is 0.235. The number of aliphatic hydroxyl groups is 1. The Bertz CT molecular complexity index is 1030. The highest BCUT2D eigenvalue weighted by atomic mass is 16.5. The summed E-state index contributed by atoms with van der Waals surface area (Å²) >= 11 is 0. The third-order valence-electron chi connectivity index (χ3n) is 4.28. The van der Waals surface area contributed by atoms with Gasteiger partial charge in [0.25, 0.3) is 11.5 Å². The quantitative estimate of drug-likeness (QED) is 0.661. The van der Waals surface area contributed by atoms with Crippen LogP contribution in [0, 0.1) is 0 Å². The number of nitrogens with zero attached hydrogens (tertiary/aromatic N) is 2. The Balaban J connectivity index is 1.78. The van der Waals surface area contributed by atoms with Crippen LogP contribution in [0.15, 0.2) is 41.3 Å². The van der Waals surface area contributed by atoms with Gasteiger partial charge in [0.1, 0.15) is 17.2 Å². The van der Waals surface area contributed by atoms with Crippen molar-refractivity contribution < 1.29 is 14.6 Å². The molecule has 1 saturated carbocycles. The standard InChI is InChI=1S/C17H16N4O4/c1-25-11-4-2-3-10(7-11)21-13-8-14(18-9-12(13)15(22)20-21)19-16(23)17(24)5-6-17/h2-4,7-9,24H,5-6H2,1H3,(H,20,22)(H,18,19,23). The largest absolute Gasteiger partial charge is 0.497 e. The molecule has 8 nitrogen and oxygen atoms in total. The van der Waals surface area contributed by atoms with Gasteiger partial charge in [-0.2, -0.15) is 0 Å². The number of hydrogen-bond acceptors (Lipinski definition) is 5. The summed E-state index contributed by atoms with van der Waals surface area (Å²) in [5.74, 6) is 0.442. The van der Waals surface area contributed by atoms with Crippen LogP contribution in [0.3, 0.4) is 0 Å². The maximum atomic E-state index is 12.2. The highest BCUT2D eigenvalue weighted by Gasteiger charge is 2.48. The summed E-state index contributed by atoms with van der Waals surface area (Å²) in [5, 5.41) is 15.6. The first-order valence-electron chi connectivity index (χ1n) is 7.79. The Morgan fingerprint density at radius 1 is 1.40 bits per heavy atom. The predicted octanol–water partition coefficient (Wildman–Crippen LogP) is 1.19. The van der Waals surface area contributed by atoms with Crippen molar-refractivity contribution in [3.63, 3.8) is 0 Å². The van der Waals surface area contributed by atoms with Crippen molar-refractivity contribution >= 4 is 22.6 Å². The number of pyridine rings is 1. The number of ether oxygens (including phenoxy) is 1. The van der Waals surface area contributed by atoms with E-state index in [4.69, 9.17) is 4.74 Å². The van der Waals surface area contributed by atoms with E-state index in [9.17, 15) is 14.7 Å². The normalized spacial score (nSPS) is 15.1. The lowest BCUT2D eigenvalue weighted by molar-refractivity contribution is -0.125. The molecule has 0 bridgehead atoms. The third-order valence-corrected chi connectivity index (χ3v) is 4.28. The molecule has 1 fully saturated rings. The van der Waals surface area contributed by atoms with Crippen molar-refractivity contribution in [3.8, 4) is 11.4 Å². The Morgan fingerprint density at radius 2 is 2.20 bits per heavy atom. The van der Waals surface area contributed by atoms with Crippen molar-refractivity contribution in [1.29, 1.82) is 0 Å². The number of benzene rings is 1. The average molecular weight is 340 g/mol. The summed E-state index contributed by atoms with van der Waals surface area (Å²) in [7, 11) is 1.57. The van der Waals surface area contributed by atoms with Crippen LogP contribution >= 0.6 is 0 Å². The first-order valence-corrected chi connectivity index (χ1v) is 7.79. The van der Waals surface area contributed by atoms with Gasteiger partial charge in [0.15, 0.2) is 0 Å². The van der Waals surface area contributed by atoms with Gasteiger partial charge in [0.2, 0.25) is 0 Å². The molecular weight excluding hydrogens is 324 g/mol. The van der Waals surface area contributed by atoms with Crippen LogP contribution in [0.25, 0.3) is 16.6 Å². The number of carbonyl (C=O) groups is 1. The van der Waals surface area contributed by atoms with Crippen LogP contribution in [0.5, 0.6) is 5.75 Å². The summed E-state index contributed by atoms with van der Waals surface area (Å²) in [6, 6.07) is 8.81. The van der Waals surface area contributed by atoms with Crippen LogP contribution < -0.4 is 15.6 Å². The fourth-order valence-corrected chi connectivity index (χ4v) is 2.63. The number of aromatic amines is 1. The molecule has 8 heteroatoms. The Hall–Kier alpha value is -3.13. The molecule has 128 valence electrons. The lowest BCUT2D eigenvalue weighted by Gasteiger charge is -2.10.